The van der Waals surface area contributed by atoms with Crippen LogP contribution in [0.5, 0.6) is 5.75 Å². The average molecular weight is 233 g/mol. The van der Waals surface area contributed by atoms with Crippen molar-refractivity contribution in [1.82, 2.24) is 0 Å². The Morgan fingerprint density at radius 3 is 2.50 bits per heavy atom. The number of rotatable bonds is 1. The Balaban J connectivity index is 2.59. The van der Waals surface area contributed by atoms with E-state index in [4.69, 9.17) is 11.6 Å². The van der Waals surface area contributed by atoms with E-state index in [-0.39, 0.29) is 0 Å². The smallest absolute Gasteiger partial charge is 0.119 e. The normalized spacial score (nSPS) is 10.4. The minimum absolute atomic E-state index is 0.317. The van der Waals surface area contributed by atoms with E-state index in [0.29, 0.717) is 5.75 Å². The van der Waals surface area contributed by atoms with Gasteiger partial charge in [-0.2, -0.15) is 0 Å². The quantitative estimate of drug-likeness (QED) is 0.776. The lowest BCUT2D eigenvalue weighted by molar-refractivity contribution is 0.471. The first kappa shape index (κ1) is 11.0. The molecular weight excluding hydrogens is 220 g/mol. The largest absolute Gasteiger partial charge is 0.508 e. The van der Waals surface area contributed by atoms with E-state index in [1.54, 1.807) is 6.07 Å². The van der Waals surface area contributed by atoms with Gasteiger partial charge in [-0.3, -0.25) is 0 Å². The molecule has 1 N–H and O–H groups in total. The highest BCUT2D eigenvalue weighted by atomic mass is 35.5. The van der Waals surface area contributed by atoms with Crippen LogP contribution in [0.1, 0.15) is 11.1 Å². The summed E-state index contributed by atoms with van der Waals surface area (Å²) in [6.07, 6.45) is 0. The molecule has 0 aliphatic rings. The minimum Gasteiger partial charge on any atom is -0.508 e. The minimum atomic E-state index is 0.317. The second-order valence-electron chi connectivity index (χ2n) is 3.91. The standard InChI is InChI=1S/C14H13ClO/c1-9-6-7-11(8-14(9)16)12-4-3-5-13(15)10(12)2/h3-8,16H,1-2H3. The summed E-state index contributed by atoms with van der Waals surface area (Å²) in [6.45, 7) is 3.86. The maximum atomic E-state index is 9.69. The summed E-state index contributed by atoms with van der Waals surface area (Å²) in [5.41, 5.74) is 3.96. The molecule has 2 rings (SSSR count). The van der Waals surface area contributed by atoms with Crippen LogP contribution in [0.25, 0.3) is 11.1 Å². The Kier molecular flexibility index (Phi) is 2.88. The van der Waals surface area contributed by atoms with Gasteiger partial charge in [-0.1, -0.05) is 35.9 Å². The third-order valence-electron chi connectivity index (χ3n) is 2.79. The lowest BCUT2D eigenvalue weighted by atomic mass is 9.99. The van der Waals surface area contributed by atoms with Crippen molar-refractivity contribution in [3.8, 4) is 16.9 Å². The predicted molar refractivity (Wildman–Crippen MR) is 68.0 cm³/mol. The molecule has 2 aromatic rings. The molecule has 0 heterocycles. The van der Waals surface area contributed by atoms with E-state index < -0.39 is 0 Å². The molecule has 2 aromatic carbocycles. The Morgan fingerprint density at radius 1 is 1.06 bits per heavy atom. The number of phenolic OH excluding ortho intramolecular Hbond substituents is 1. The number of halogens is 1. The number of aryl methyl sites for hydroxylation is 1. The molecule has 0 aliphatic heterocycles. The van der Waals surface area contributed by atoms with Gasteiger partial charge < -0.3 is 5.11 Å². The molecule has 0 amide bonds. The highest BCUT2D eigenvalue weighted by molar-refractivity contribution is 6.31. The van der Waals surface area contributed by atoms with Crippen molar-refractivity contribution in [3.63, 3.8) is 0 Å². The molecular formula is C14H13ClO. The molecule has 16 heavy (non-hydrogen) atoms. The highest BCUT2D eigenvalue weighted by Crippen LogP contribution is 2.31. The summed E-state index contributed by atoms with van der Waals surface area (Å²) >= 11 is 6.07. The van der Waals surface area contributed by atoms with E-state index in [0.717, 1.165) is 27.3 Å². The van der Waals surface area contributed by atoms with Crippen molar-refractivity contribution < 1.29 is 5.11 Å². The monoisotopic (exact) mass is 232 g/mol. The lowest BCUT2D eigenvalue weighted by Crippen LogP contribution is -1.85. The Bertz CT molecular complexity index is 532. The van der Waals surface area contributed by atoms with Gasteiger partial charge in [0.05, 0.1) is 0 Å². The Hall–Kier alpha value is -1.47. The SMILES string of the molecule is Cc1ccc(-c2cccc(Cl)c2C)cc1O. The lowest BCUT2D eigenvalue weighted by Gasteiger charge is -2.09. The molecule has 0 bridgehead atoms. The first-order chi connectivity index (χ1) is 7.59. The van der Waals surface area contributed by atoms with Gasteiger partial charge in [-0.25, -0.2) is 0 Å². The van der Waals surface area contributed by atoms with Crippen LogP contribution in [0.3, 0.4) is 0 Å². The summed E-state index contributed by atoms with van der Waals surface area (Å²) in [5.74, 6) is 0.317. The van der Waals surface area contributed by atoms with E-state index in [1.807, 2.05) is 44.2 Å². The summed E-state index contributed by atoms with van der Waals surface area (Å²) < 4.78 is 0. The topological polar surface area (TPSA) is 20.2 Å². The van der Waals surface area contributed by atoms with Crippen LogP contribution in [0, 0.1) is 13.8 Å². The number of hydrogen-bond donors (Lipinski definition) is 1. The molecule has 82 valence electrons. The fourth-order valence-corrected chi connectivity index (χ4v) is 1.87. The molecule has 0 unspecified atom stereocenters. The summed E-state index contributed by atoms with van der Waals surface area (Å²) in [6, 6.07) is 11.5. The number of phenols is 1. The number of hydrogen-bond acceptors (Lipinski definition) is 1. The van der Waals surface area contributed by atoms with Gasteiger partial charge in [0.15, 0.2) is 0 Å². The predicted octanol–water partition coefficient (Wildman–Crippen LogP) is 4.33. The third-order valence-corrected chi connectivity index (χ3v) is 3.20. The van der Waals surface area contributed by atoms with E-state index in [9.17, 15) is 5.11 Å². The van der Waals surface area contributed by atoms with Gasteiger partial charge >= 0.3 is 0 Å². The van der Waals surface area contributed by atoms with Crippen molar-refractivity contribution in [2.75, 3.05) is 0 Å². The van der Waals surface area contributed by atoms with E-state index in [1.165, 1.54) is 0 Å². The molecule has 0 atom stereocenters. The van der Waals surface area contributed by atoms with Gasteiger partial charge in [-0.05, 0) is 48.2 Å². The summed E-state index contributed by atoms with van der Waals surface area (Å²) in [4.78, 5) is 0. The average Bonchev–Trinajstić information content (AvgIpc) is 2.26. The summed E-state index contributed by atoms with van der Waals surface area (Å²) in [7, 11) is 0. The van der Waals surface area contributed by atoms with Gasteiger partial charge in [0.2, 0.25) is 0 Å². The second kappa shape index (κ2) is 4.18. The van der Waals surface area contributed by atoms with Crippen molar-refractivity contribution in [2.24, 2.45) is 0 Å². The molecule has 1 nitrogen and oxygen atoms in total. The molecule has 0 saturated carbocycles. The maximum absolute atomic E-state index is 9.69. The summed E-state index contributed by atoms with van der Waals surface area (Å²) in [5, 5.41) is 10.4. The zero-order chi connectivity index (χ0) is 11.7. The van der Waals surface area contributed by atoms with Crippen molar-refractivity contribution in [3.05, 3.63) is 52.5 Å². The molecule has 0 saturated heterocycles. The number of aromatic hydroxyl groups is 1. The van der Waals surface area contributed by atoms with Crippen LogP contribution in [0.2, 0.25) is 5.02 Å². The molecule has 0 spiro atoms. The second-order valence-corrected chi connectivity index (χ2v) is 4.32. The van der Waals surface area contributed by atoms with Crippen LogP contribution in [-0.4, -0.2) is 5.11 Å². The van der Waals surface area contributed by atoms with Gasteiger partial charge in [-0.15, -0.1) is 0 Å². The van der Waals surface area contributed by atoms with Crippen molar-refractivity contribution in [2.45, 2.75) is 13.8 Å². The van der Waals surface area contributed by atoms with Crippen LogP contribution in [-0.2, 0) is 0 Å². The fourth-order valence-electron chi connectivity index (χ4n) is 1.70. The Morgan fingerprint density at radius 2 is 1.81 bits per heavy atom. The van der Waals surface area contributed by atoms with Crippen LogP contribution in [0.4, 0.5) is 0 Å². The van der Waals surface area contributed by atoms with Crippen LogP contribution >= 0.6 is 11.6 Å². The van der Waals surface area contributed by atoms with Crippen molar-refractivity contribution in [1.29, 1.82) is 0 Å². The first-order valence-electron chi connectivity index (χ1n) is 5.14. The third kappa shape index (κ3) is 1.91. The first-order valence-corrected chi connectivity index (χ1v) is 5.52. The molecule has 2 heteroatoms. The molecule has 0 aliphatic carbocycles. The molecule has 0 radical (unpaired) electrons. The number of benzene rings is 2. The maximum Gasteiger partial charge on any atom is 0.119 e. The van der Waals surface area contributed by atoms with Crippen molar-refractivity contribution >= 4 is 11.6 Å². The fraction of sp³-hybridized carbons (Fsp3) is 0.143. The van der Waals surface area contributed by atoms with E-state index >= 15 is 0 Å². The Labute approximate surface area is 100 Å². The van der Waals surface area contributed by atoms with Crippen LogP contribution in [0.15, 0.2) is 36.4 Å². The van der Waals surface area contributed by atoms with Gasteiger partial charge in [0.1, 0.15) is 5.75 Å². The van der Waals surface area contributed by atoms with Gasteiger partial charge in [0, 0.05) is 5.02 Å². The molecule has 0 fully saturated rings. The zero-order valence-electron chi connectivity index (χ0n) is 9.29. The zero-order valence-corrected chi connectivity index (χ0v) is 10.0. The highest BCUT2D eigenvalue weighted by Gasteiger charge is 2.06. The van der Waals surface area contributed by atoms with E-state index in [2.05, 4.69) is 0 Å². The van der Waals surface area contributed by atoms with Gasteiger partial charge in [0.25, 0.3) is 0 Å². The van der Waals surface area contributed by atoms with Crippen LogP contribution < -0.4 is 0 Å². The molecule has 0 aromatic heterocycles.